The van der Waals surface area contributed by atoms with Gasteiger partial charge in [-0.25, -0.2) is 0 Å². The predicted molar refractivity (Wildman–Crippen MR) is 126 cm³/mol. The summed E-state index contributed by atoms with van der Waals surface area (Å²) in [6.45, 7) is 9.58. The number of hydrogen-bond acceptors (Lipinski definition) is 7. The maximum absolute atomic E-state index is 13.7. The van der Waals surface area contributed by atoms with Crippen LogP contribution in [0.2, 0.25) is 0 Å². The number of fused-ring (bicyclic) bond motifs is 4. The largest absolute Gasteiger partial charge is 0.472 e. The first-order valence-corrected chi connectivity index (χ1v) is 12.4. The van der Waals surface area contributed by atoms with E-state index in [4.69, 9.17) is 18.6 Å². The average Bonchev–Trinajstić information content (AvgIpc) is 3.50. The highest BCUT2D eigenvalue weighted by Gasteiger charge is 2.72. The summed E-state index contributed by atoms with van der Waals surface area (Å²) in [5, 5.41) is 0. The van der Waals surface area contributed by atoms with E-state index in [0.717, 1.165) is 17.6 Å². The smallest absolute Gasteiger partial charge is 0.305 e. The summed E-state index contributed by atoms with van der Waals surface area (Å²) in [6, 6.07) is 1.97. The molecular formula is C28H34O7. The molecule has 0 aromatic carbocycles. The summed E-state index contributed by atoms with van der Waals surface area (Å²) in [4.78, 5) is 38.8. The van der Waals surface area contributed by atoms with Crippen LogP contribution in [0, 0.1) is 28.6 Å². The van der Waals surface area contributed by atoms with E-state index in [1.807, 2.05) is 26.0 Å². The molecular weight excluding hydrogens is 448 g/mol. The molecule has 1 aromatic rings. The molecule has 0 radical (unpaired) electrons. The minimum absolute atomic E-state index is 0.0375. The van der Waals surface area contributed by atoms with Crippen molar-refractivity contribution < 1.29 is 33.0 Å². The monoisotopic (exact) mass is 482 g/mol. The van der Waals surface area contributed by atoms with Gasteiger partial charge in [0.15, 0.2) is 5.78 Å². The second-order valence-electron chi connectivity index (χ2n) is 11.1. The molecule has 1 aromatic heterocycles. The Morgan fingerprint density at radius 3 is 2.60 bits per heavy atom. The zero-order valence-corrected chi connectivity index (χ0v) is 21.2. The minimum atomic E-state index is -0.938. The van der Waals surface area contributed by atoms with E-state index in [1.54, 1.807) is 18.6 Å². The van der Waals surface area contributed by atoms with Crippen LogP contribution in [-0.2, 0) is 28.6 Å². The summed E-state index contributed by atoms with van der Waals surface area (Å²) in [5.41, 5.74) is 1.74. The highest BCUT2D eigenvalue weighted by Crippen LogP contribution is 2.68. The molecule has 1 aliphatic heterocycles. The number of rotatable bonds is 4. The van der Waals surface area contributed by atoms with Gasteiger partial charge in [-0.15, -0.1) is 0 Å². The van der Waals surface area contributed by atoms with Gasteiger partial charge in [-0.1, -0.05) is 32.4 Å². The zero-order valence-electron chi connectivity index (χ0n) is 21.2. The summed E-state index contributed by atoms with van der Waals surface area (Å²) >= 11 is 0. The average molecular weight is 483 g/mol. The maximum atomic E-state index is 13.7. The Morgan fingerprint density at radius 2 is 1.97 bits per heavy atom. The molecule has 0 amide bonds. The van der Waals surface area contributed by atoms with Crippen molar-refractivity contribution in [1.29, 1.82) is 0 Å². The molecule has 0 bridgehead atoms. The van der Waals surface area contributed by atoms with E-state index in [0.29, 0.717) is 0 Å². The van der Waals surface area contributed by atoms with Crippen molar-refractivity contribution in [2.45, 2.75) is 71.7 Å². The highest BCUT2D eigenvalue weighted by molar-refractivity contribution is 5.97. The van der Waals surface area contributed by atoms with Gasteiger partial charge < -0.3 is 18.6 Å². The molecule has 1 saturated carbocycles. The molecule has 0 N–H and O–H groups in total. The van der Waals surface area contributed by atoms with Crippen LogP contribution >= 0.6 is 0 Å². The fourth-order valence-electron chi connectivity index (χ4n) is 8.09. The number of methoxy groups -OCH3 is 1. The van der Waals surface area contributed by atoms with Gasteiger partial charge in [0.05, 0.1) is 32.2 Å². The van der Waals surface area contributed by atoms with Crippen molar-refractivity contribution >= 4 is 17.7 Å². The second-order valence-corrected chi connectivity index (χ2v) is 11.1. The van der Waals surface area contributed by atoms with Crippen LogP contribution in [0.25, 0.3) is 0 Å². The van der Waals surface area contributed by atoms with E-state index >= 15 is 0 Å². The molecule has 3 aliphatic carbocycles. The van der Waals surface area contributed by atoms with Crippen LogP contribution in [0.5, 0.6) is 0 Å². The number of allylic oxidation sites excluding steroid dienone is 3. The van der Waals surface area contributed by atoms with Crippen molar-refractivity contribution in [3.05, 3.63) is 47.5 Å². The summed E-state index contributed by atoms with van der Waals surface area (Å²) in [7, 11) is 1.38. The van der Waals surface area contributed by atoms with Crippen LogP contribution < -0.4 is 0 Å². The molecule has 0 unspecified atom stereocenters. The summed E-state index contributed by atoms with van der Waals surface area (Å²) < 4.78 is 23.2. The fourth-order valence-corrected chi connectivity index (χ4v) is 8.09. The maximum Gasteiger partial charge on any atom is 0.305 e. The number of carbonyl (C=O) groups excluding carboxylic acids is 3. The minimum Gasteiger partial charge on any atom is -0.472 e. The lowest BCUT2D eigenvalue weighted by molar-refractivity contribution is -0.214. The second kappa shape index (κ2) is 8.19. The van der Waals surface area contributed by atoms with Gasteiger partial charge >= 0.3 is 11.9 Å². The van der Waals surface area contributed by atoms with Gasteiger partial charge in [0.25, 0.3) is 0 Å². The number of furan rings is 1. The highest BCUT2D eigenvalue weighted by atomic mass is 16.6. The molecule has 7 heteroatoms. The predicted octanol–water partition coefficient (Wildman–Crippen LogP) is 4.38. The Balaban J connectivity index is 1.73. The van der Waals surface area contributed by atoms with Crippen molar-refractivity contribution in [2.75, 3.05) is 7.11 Å². The molecule has 188 valence electrons. The van der Waals surface area contributed by atoms with Gasteiger partial charge in [-0.05, 0) is 48.5 Å². The molecule has 0 spiro atoms. The van der Waals surface area contributed by atoms with Crippen molar-refractivity contribution in [3.8, 4) is 0 Å². The van der Waals surface area contributed by atoms with Gasteiger partial charge in [-0.2, -0.15) is 0 Å². The first-order chi connectivity index (χ1) is 16.5. The molecule has 35 heavy (non-hydrogen) atoms. The number of ketones is 1. The third kappa shape index (κ3) is 3.23. The van der Waals surface area contributed by atoms with Crippen molar-refractivity contribution in [1.82, 2.24) is 0 Å². The van der Waals surface area contributed by atoms with Crippen LogP contribution in [0.3, 0.4) is 0 Å². The molecule has 1 saturated heterocycles. The molecule has 7 nitrogen and oxygen atoms in total. The van der Waals surface area contributed by atoms with Gasteiger partial charge in [0.1, 0.15) is 12.2 Å². The first kappa shape index (κ1) is 24.0. The quantitative estimate of drug-likeness (QED) is 0.465. The number of carbonyl (C=O) groups is 3. The SMILES string of the molecule is COC(=O)C[C@H]1[C@]2(C)C3=C(C)[C@H](c4ccoc4)C[C@@H]3O[C@@H]2[C@H](OC(C)=O)[C@H]2[C@@H](C)C=CC(=O)[C@]21C. The molecule has 5 rings (SSSR count). The van der Waals surface area contributed by atoms with Crippen LogP contribution in [0.15, 0.2) is 46.3 Å². The Kier molecular flexibility index (Phi) is 5.62. The Hall–Kier alpha value is -2.67. The number of esters is 2. The normalized spacial score (nSPS) is 41.9. The van der Waals surface area contributed by atoms with Gasteiger partial charge in [-0.3, -0.25) is 14.4 Å². The van der Waals surface area contributed by atoms with Crippen molar-refractivity contribution in [2.24, 2.45) is 28.6 Å². The van der Waals surface area contributed by atoms with E-state index in [2.05, 4.69) is 13.8 Å². The summed E-state index contributed by atoms with van der Waals surface area (Å²) in [6.07, 6.45) is 6.51. The number of hydrogen-bond donors (Lipinski definition) is 0. The lowest BCUT2D eigenvalue weighted by Gasteiger charge is -2.60. The molecule has 4 aliphatic rings. The molecule has 9 atom stereocenters. The standard InChI is InChI=1S/C28H34O7/c1-14-7-8-21(30)27(4)20(12-22(31)32-6)28(5)24-15(2)18(17-9-10-33-13-17)11-19(24)35-26(28)25(23(14)27)34-16(3)29/h7-10,13-14,18-20,23,25-26H,11-12H2,1-6H3/t14-,18+,19-,20+,23+,25+,26+,27+,28+/m0/s1. The van der Waals surface area contributed by atoms with Crippen LogP contribution in [-0.4, -0.2) is 43.1 Å². The van der Waals surface area contributed by atoms with Gasteiger partial charge in [0, 0.05) is 29.6 Å². The summed E-state index contributed by atoms with van der Waals surface area (Å²) in [5.74, 6) is -1.42. The lowest BCUT2D eigenvalue weighted by atomic mass is 9.43. The van der Waals surface area contributed by atoms with E-state index in [-0.39, 0.29) is 47.9 Å². The lowest BCUT2D eigenvalue weighted by Crippen LogP contribution is -2.67. The molecule has 2 heterocycles. The third-order valence-electron chi connectivity index (χ3n) is 9.49. The first-order valence-electron chi connectivity index (χ1n) is 12.4. The number of ether oxygens (including phenoxy) is 3. The Bertz CT molecular complexity index is 1110. The van der Waals surface area contributed by atoms with Crippen LogP contribution in [0.1, 0.15) is 58.9 Å². The van der Waals surface area contributed by atoms with Crippen molar-refractivity contribution in [3.63, 3.8) is 0 Å². The van der Waals surface area contributed by atoms with E-state index in [1.165, 1.54) is 19.6 Å². The van der Waals surface area contributed by atoms with E-state index < -0.39 is 29.0 Å². The van der Waals surface area contributed by atoms with Crippen LogP contribution in [0.4, 0.5) is 0 Å². The molecule has 2 fully saturated rings. The Labute approximate surface area is 205 Å². The topological polar surface area (TPSA) is 92.0 Å². The fraction of sp³-hybridized carbons (Fsp3) is 0.607. The third-order valence-corrected chi connectivity index (χ3v) is 9.49. The van der Waals surface area contributed by atoms with E-state index in [9.17, 15) is 14.4 Å². The Morgan fingerprint density at radius 1 is 1.23 bits per heavy atom. The zero-order chi connectivity index (χ0) is 25.3. The van der Waals surface area contributed by atoms with Gasteiger partial charge in [0.2, 0.25) is 0 Å².